The van der Waals surface area contributed by atoms with E-state index in [0.29, 0.717) is 11.7 Å². The van der Waals surface area contributed by atoms with Gasteiger partial charge in [-0.15, -0.1) is 0 Å². The maximum absolute atomic E-state index is 4.96. The number of nitrogens with zero attached hydrogens (tertiary/aromatic N) is 2. The normalized spacial score (nSPS) is 10.0. The van der Waals surface area contributed by atoms with Gasteiger partial charge in [-0.05, 0) is 19.5 Å². The number of hydrogen-bond donors (Lipinski definition) is 2. The molecule has 15 heavy (non-hydrogen) atoms. The molecule has 0 bridgehead atoms. The summed E-state index contributed by atoms with van der Waals surface area (Å²) in [5, 5.41) is 6.39. The first-order chi connectivity index (χ1) is 7.36. The topological polar surface area (TPSA) is 59.1 Å². The second kappa shape index (κ2) is 7.00. The molecular formula is C10H18N4O. The zero-order valence-electron chi connectivity index (χ0n) is 9.29. The van der Waals surface area contributed by atoms with Crippen molar-refractivity contribution in [2.75, 3.05) is 32.1 Å². The van der Waals surface area contributed by atoms with Crippen LogP contribution in [0, 0.1) is 0 Å². The fourth-order valence-electron chi connectivity index (χ4n) is 1.10. The van der Waals surface area contributed by atoms with Gasteiger partial charge in [0.05, 0.1) is 19.5 Å². The van der Waals surface area contributed by atoms with E-state index < -0.39 is 0 Å². The van der Waals surface area contributed by atoms with Crippen LogP contribution < -0.4 is 15.4 Å². The predicted octanol–water partition coefficient (Wildman–Crippen LogP) is 0.897. The van der Waals surface area contributed by atoms with Crippen molar-refractivity contribution in [1.29, 1.82) is 0 Å². The average molecular weight is 210 g/mol. The number of aromatic nitrogens is 2. The van der Waals surface area contributed by atoms with Crippen molar-refractivity contribution in [3.05, 3.63) is 12.4 Å². The zero-order valence-corrected chi connectivity index (χ0v) is 9.29. The van der Waals surface area contributed by atoms with Crippen molar-refractivity contribution in [1.82, 2.24) is 15.3 Å². The van der Waals surface area contributed by atoms with Gasteiger partial charge in [-0.3, -0.25) is 0 Å². The van der Waals surface area contributed by atoms with Gasteiger partial charge >= 0.3 is 0 Å². The Morgan fingerprint density at radius 1 is 1.27 bits per heavy atom. The van der Waals surface area contributed by atoms with Crippen LogP contribution in [0.3, 0.4) is 0 Å². The Labute approximate surface area is 90.3 Å². The van der Waals surface area contributed by atoms with E-state index in [-0.39, 0.29) is 0 Å². The van der Waals surface area contributed by atoms with Gasteiger partial charge in [0.25, 0.3) is 0 Å². The third kappa shape index (κ3) is 4.60. The number of anilines is 1. The summed E-state index contributed by atoms with van der Waals surface area (Å²) in [6.07, 6.45) is 4.36. The van der Waals surface area contributed by atoms with Crippen molar-refractivity contribution in [2.45, 2.75) is 13.3 Å². The smallest absolute Gasteiger partial charge is 0.222 e. The van der Waals surface area contributed by atoms with Crippen LogP contribution in [0.5, 0.6) is 5.75 Å². The molecule has 1 aromatic heterocycles. The monoisotopic (exact) mass is 210 g/mol. The Morgan fingerprint density at radius 2 is 2.00 bits per heavy atom. The van der Waals surface area contributed by atoms with Crippen LogP contribution in [-0.2, 0) is 0 Å². The van der Waals surface area contributed by atoms with Gasteiger partial charge < -0.3 is 15.4 Å². The molecule has 2 N–H and O–H groups in total. The summed E-state index contributed by atoms with van der Waals surface area (Å²) in [7, 11) is 1.60. The molecule has 1 heterocycles. The van der Waals surface area contributed by atoms with Crippen LogP contribution in [-0.4, -0.2) is 36.7 Å². The van der Waals surface area contributed by atoms with Gasteiger partial charge in [0.1, 0.15) is 0 Å². The molecule has 84 valence electrons. The number of nitrogens with one attached hydrogen (secondary N) is 2. The molecule has 1 aromatic rings. The van der Waals surface area contributed by atoms with Crippen LogP contribution >= 0.6 is 0 Å². The minimum Gasteiger partial charge on any atom is -0.494 e. The van der Waals surface area contributed by atoms with Crippen molar-refractivity contribution in [3.63, 3.8) is 0 Å². The largest absolute Gasteiger partial charge is 0.494 e. The molecule has 0 aliphatic heterocycles. The van der Waals surface area contributed by atoms with E-state index in [1.807, 2.05) is 0 Å². The quantitative estimate of drug-likeness (QED) is 0.655. The van der Waals surface area contributed by atoms with E-state index in [2.05, 4.69) is 27.5 Å². The van der Waals surface area contributed by atoms with Crippen molar-refractivity contribution < 1.29 is 4.74 Å². The molecule has 0 aromatic carbocycles. The minimum atomic E-state index is 0.646. The molecule has 0 amide bonds. The van der Waals surface area contributed by atoms with Gasteiger partial charge in [0, 0.05) is 6.54 Å². The molecule has 1 rings (SSSR count). The molecule has 0 aliphatic rings. The van der Waals surface area contributed by atoms with E-state index in [1.54, 1.807) is 19.5 Å². The highest BCUT2D eigenvalue weighted by atomic mass is 16.5. The van der Waals surface area contributed by atoms with Gasteiger partial charge in [-0.2, -0.15) is 0 Å². The first-order valence-corrected chi connectivity index (χ1v) is 5.17. The Balaban J connectivity index is 2.20. The van der Waals surface area contributed by atoms with Crippen LogP contribution in [0.4, 0.5) is 5.95 Å². The van der Waals surface area contributed by atoms with Gasteiger partial charge in [0.15, 0.2) is 5.75 Å². The lowest BCUT2D eigenvalue weighted by Gasteiger charge is -2.05. The number of hydrogen-bond acceptors (Lipinski definition) is 5. The summed E-state index contributed by atoms with van der Waals surface area (Å²) in [6.45, 7) is 5.00. The van der Waals surface area contributed by atoms with E-state index in [1.165, 1.54) is 0 Å². The maximum atomic E-state index is 4.96. The standard InChI is InChI=1S/C10H18N4O/c1-3-11-5-4-6-12-10-13-7-9(15-2)8-14-10/h7-8,11H,3-6H2,1-2H3,(H,12,13,14). The maximum Gasteiger partial charge on any atom is 0.222 e. The summed E-state index contributed by atoms with van der Waals surface area (Å²) in [4.78, 5) is 8.20. The van der Waals surface area contributed by atoms with E-state index in [0.717, 1.165) is 26.1 Å². The lowest BCUT2D eigenvalue weighted by atomic mass is 10.4. The summed E-state index contributed by atoms with van der Waals surface area (Å²) in [6, 6.07) is 0. The van der Waals surface area contributed by atoms with Crippen LogP contribution in [0.25, 0.3) is 0 Å². The fraction of sp³-hybridized carbons (Fsp3) is 0.600. The summed E-state index contributed by atoms with van der Waals surface area (Å²) >= 11 is 0. The van der Waals surface area contributed by atoms with Gasteiger partial charge in [0.2, 0.25) is 5.95 Å². The summed E-state index contributed by atoms with van der Waals surface area (Å²) in [5.74, 6) is 1.32. The zero-order chi connectivity index (χ0) is 10.9. The third-order valence-electron chi connectivity index (χ3n) is 1.93. The van der Waals surface area contributed by atoms with E-state index in [4.69, 9.17) is 4.74 Å². The molecule has 0 spiro atoms. The molecular weight excluding hydrogens is 192 g/mol. The van der Waals surface area contributed by atoms with Crippen molar-refractivity contribution in [3.8, 4) is 5.75 Å². The minimum absolute atomic E-state index is 0.646. The molecule has 0 atom stereocenters. The van der Waals surface area contributed by atoms with Gasteiger partial charge in [-0.1, -0.05) is 6.92 Å². The fourth-order valence-corrected chi connectivity index (χ4v) is 1.10. The third-order valence-corrected chi connectivity index (χ3v) is 1.93. The highest BCUT2D eigenvalue weighted by molar-refractivity contribution is 5.26. The number of methoxy groups -OCH3 is 1. The van der Waals surface area contributed by atoms with E-state index >= 15 is 0 Å². The van der Waals surface area contributed by atoms with Crippen molar-refractivity contribution >= 4 is 5.95 Å². The van der Waals surface area contributed by atoms with E-state index in [9.17, 15) is 0 Å². The van der Waals surface area contributed by atoms with Crippen LogP contribution in [0.1, 0.15) is 13.3 Å². The number of ether oxygens (including phenoxy) is 1. The first-order valence-electron chi connectivity index (χ1n) is 5.17. The molecule has 0 saturated heterocycles. The molecule has 5 heteroatoms. The molecule has 0 saturated carbocycles. The van der Waals surface area contributed by atoms with Gasteiger partial charge in [-0.25, -0.2) is 9.97 Å². The Hall–Kier alpha value is -1.36. The van der Waals surface area contributed by atoms with Crippen LogP contribution in [0.2, 0.25) is 0 Å². The average Bonchev–Trinajstić information content (AvgIpc) is 2.30. The number of rotatable bonds is 7. The highest BCUT2D eigenvalue weighted by Gasteiger charge is 1.95. The summed E-state index contributed by atoms with van der Waals surface area (Å²) < 4.78 is 4.96. The molecule has 0 aliphatic carbocycles. The molecule has 5 nitrogen and oxygen atoms in total. The lowest BCUT2D eigenvalue weighted by Crippen LogP contribution is -2.17. The Bertz CT molecular complexity index is 263. The van der Waals surface area contributed by atoms with Crippen LogP contribution in [0.15, 0.2) is 12.4 Å². The second-order valence-electron chi connectivity index (χ2n) is 3.08. The SMILES string of the molecule is CCNCCCNc1ncc(OC)cn1. The summed E-state index contributed by atoms with van der Waals surface area (Å²) in [5.41, 5.74) is 0. The molecule has 0 fully saturated rings. The molecule has 0 radical (unpaired) electrons. The molecule has 0 unspecified atom stereocenters. The Kier molecular flexibility index (Phi) is 5.47. The first kappa shape index (κ1) is 11.7. The highest BCUT2D eigenvalue weighted by Crippen LogP contribution is 2.06. The van der Waals surface area contributed by atoms with Crippen molar-refractivity contribution in [2.24, 2.45) is 0 Å². The lowest BCUT2D eigenvalue weighted by molar-refractivity contribution is 0.411. The second-order valence-corrected chi connectivity index (χ2v) is 3.08. The predicted molar refractivity (Wildman–Crippen MR) is 60.2 cm³/mol. The Morgan fingerprint density at radius 3 is 2.60 bits per heavy atom.